The molecule has 1 N–H and O–H groups in total. The summed E-state index contributed by atoms with van der Waals surface area (Å²) < 4.78 is 5.63. The molecule has 0 heterocycles. The van der Waals surface area contributed by atoms with Gasteiger partial charge in [0.1, 0.15) is 18.1 Å². The molecular formula is C15H13NO2. The Morgan fingerprint density at radius 2 is 1.89 bits per heavy atom. The van der Waals surface area contributed by atoms with Crippen LogP contribution >= 0.6 is 0 Å². The van der Waals surface area contributed by atoms with Crippen molar-refractivity contribution < 1.29 is 9.84 Å². The number of rotatable bonds is 3. The van der Waals surface area contributed by atoms with E-state index >= 15 is 0 Å². The van der Waals surface area contributed by atoms with Crippen molar-refractivity contribution >= 4 is 0 Å². The van der Waals surface area contributed by atoms with Gasteiger partial charge in [0.2, 0.25) is 0 Å². The molecule has 0 atom stereocenters. The first kappa shape index (κ1) is 12.0. The molecule has 0 saturated carbocycles. The molecule has 18 heavy (non-hydrogen) atoms. The number of ether oxygens (including phenoxy) is 1. The first-order chi connectivity index (χ1) is 8.70. The van der Waals surface area contributed by atoms with Gasteiger partial charge < -0.3 is 9.84 Å². The summed E-state index contributed by atoms with van der Waals surface area (Å²) in [6.45, 7) is 2.22. The highest BCUT2D eigenvalue weighted by Crippen LogP contribution is 2.26. The van der Waals surface area contributed by atoms with Crippen molar-refractivity contribution in [2.45, 2.75) is 13.5 Å². The van der Waals surface area contributed by atoms with E-state index in [0.717, 1.165) is 11.1 Å². The SMILES string of the molecule is Cc1c(O)cccc1OCc1ccc(C#N)cc1. The summed E-state index contributed by atoms with van der Waals surface area (Å²) in [6, 6.07) is 14.5. The predicted octanol–water partition coefficient (Wildman–Crippen LogP) is 3.15. The maximum Gasteiger partial charge on any atom is 0.126 e. The molecule has 0 aliphatic carbocycles. The van der Waals surface area contributed by atoms with Gasteiger partial charge in [0, 0.05) is 5.56 Å². The number of benzene rings is 2. The van der Waals surface area contributed by atoms with Crippen molar-refractivity contribution in [3.8, 4) is 17.6 Å². The normalized spacial score (nSPS) is 9.78. The predicted molar refractivity (Wildman–Crippen MR) is 68.3 cm³/mol. The van der Waals surface area contributed by atoms with E-state index in [1.165, 1.54) is 0 Å². The Labute approximate surface area is 106 Å². The maximum absolute atomic E-state index is 9.55. The number of hydrogen-bond acceptors (Lipinski definition) is 3. The van der Waals surface area contributed by atoms with Gasteiger partial charge in [-0.05, 0) is 36.8 Å². The molecule has 0 aliphatic heterocycles. The Morgan fingerprint density at radius 3 is 2.56 bits per heavy atom. The molecule has 3 heteroatoms. The van der Waals surface area contributed by atoms with Crippen molar-refractivity contribution in [1.29, 1.82) is 5.26 Å². The fraction of sp³-hybridized carbons (Fsp3) is 0.133. The van der Waals surface area contributed by atoms with Crippen LogP contribution in [0.3, 0.4) is 0 Å². The molecule has 0 spiro atoms. The lowest BCUT2D eigenvalue weighted by molar-refractivity contribution is 0.302. The van der Waals surface area contributed by atoms with Crippen LogP contribution in [-0.2, 0) is 6.61 Å². The van der Waals surface area contributed by atoms with Crippen LogP contribution in [0, 0.1) is 18.3 Å². The van der Waals surface area contributed by atoms with Crippen LogP contribution in [0.2, 0.25) is 0 Å². The third kappa shape index (κ3) is 2.61. The molecular weight excluding hydrogens is 226 g/mol. The van der Waals surface area contributed by atoms with E-state index < -0.39 is 0 Å². The highest BCUT2D eigenvalue weighted by Gasteiger charge is 2.03. The third-order valence-corrected chi connectivity index (χ3v) is 2.73. The van der Waals surface area contributed by atoms with Crippen LogP contribution in [-0.4, -0.2) is 5.11 Å². The fourth-order valence-corrected chi connectivity index (χ4v) is 1.60. The molecule has 0 saturated heterocycles. The van der Waals surface area contributed by atoms with E-state index in [9.17, 15) is 5.11 Å². The Bertz CT molecular complexity index is 582. The molecule has 0 aliphatic rings. The highest BCUT2D eigenvalue weighted by atomic mass is 16.5. The second kappa shape index (κ2) is 5.24. The van der Waals surface area contributed by atoms with E-state index in [2.05, 4.69) is 6.07 Å². The Balaban J connectivity index is 2.07. The minimum atomic E-state index is 0.229. The number of nitriles is 1. The van der Waals surface area contributed by atoms with Gasteiger partial charge in [0.05, 0.1) is 11.6 Å². The Morgan fingerprint density at radius 1 is 1.17 bits per heavy atom. The van der Waals surface area contributed by atoms with Crippen molar-refractivity contribution in [1.82, 2.24) is 0 Å². The standard InChI is InChI=1S/C15H13NO2/c1-11-14(17)3-2-4-15(11)18-10-13-7-5-12(9-16)6-8-13/h2-8,17H,10H2,1H3. The first-order valence-corrected chi connectivity index (χ1v) is 5.61. The Hall–Kier alpha value is -2.47. The molecule has 0 aromatic heterocycles. The lowest BCUT2D eigenvalue weighted by atomic mass is 10.1. The zero-order valence-corrected chi connectivity index (χ0v) is 10.1. The molecule has 0 fully saturated rings. The van der Waals surface area contributed by atoms with E-state index in [1.807, 2.05) is 25.1 Å². The molecule has 0 unspecified atom stereocenters. The molecule has 0 amide bonds. The van der Waals surface area contributed by atoms with Gasteiger partial charge in [-0.2, -0.15) is 5.26 Å². The second-order valence-electron chi connectivity index (χ2n) is 4.00. The van der Waals surface area contributed by atoms with E-state index in [4.69, 9.17) is 10.00 Å². The number of nitrogens with zero attached hydrogens (tertiary/aromatic N) is 1. The average Bonchev–Trinajstić information content (AvgIpc) is 2.41. The summed E-state index contributed by atoms with van der Waals surface area (Å²) in [5.74, 6) is 0.895. The van der Waals surface area contributed by atoms with E-state index in [-0.39, 0.29) is 5.75 Å². The van der Waals surface area contributed by atoms with Crippen LogP contribution in [0.25, 0.3) is 0 Å². The molecule has 0 bridgehead atoms. The minimum Gasteiger partial charge on any atom is -0.508 e. The lowest BCUT2D eigenvalue weighted by Crippen LogP contribution is -1.97. The van der Waals surface area contributed by atoms with Gasteiger partial charge in [-0.3, -0.25) is 0 Å². The molecule has 2 aromatic rings. The Kier molecular flexibility index (Phi) is 3.49. The number of phenolic OH excluding ortho intramolecular Hbond substituents is 1. The summed E-state index contributed by atoms with van der Waals surface area (Å²) in [4.78, 5) is 0. The minimum absolute atomic E-state index is 0.229. The van der Waals surface area contributed by atoms with Crippen molar-refractivity contribution in [2.24, 2.45) is 0 Å². The summed E-state index contributed by atoms with van der Waals surface area (Å²) >= 11 is 0. The average molecular weight is 239 g/mol. The maximum atomic E-state index is 9.55. The van der Waals surface area contributed by atoms with Crippen LogP contribution in [0.4, 0.5) is 0 Å². The van der Waals surface area contributed by atoms with Gasteiger partial charge in [-0.15, -0.1) is 0 Å². The highest BCUT2D eigenvalue weighted by molar-refractivity contribution is 5.42. The summed E-state index contributed by atoms with van der Waals surface area (Å²) in [5, 5.41) is 18.2. The van der Waals surface area contributed by atoms with Crippen molar-refractivity contribution in [3.05, 3.63) is 59.2 Å². The molecule has 0 radical (unpaired) electrons. The van der Waals surface area contributed by atoms with Crippen LogP contribution in [0.1, 0.15) is 16.7 Å². The smallest absolute Gasteiger partial charge is 0.126 e. The largest absolute Gasteiger partial charge is 0.508 e. The van der Waals surface area contributed by atoms with Crippen molar-refractivity contribution in [3.63, 3.8) is 0 Å². The van der Waals surface area contributed by atoms with Gasteiger partial charge in [0.25, 0.3) is 0 Å². The number of hydrogen-bond donors (Lipinski definition) is 1. The van der Waals surface area contributed by atoms with Gasteiger partial charge in [-0.25, -0.2) is 0 Å². The zero-order valence-electron chi connectivity index (χ0n) is 10.1. The van der Waals surface area contributed by atoms with E-state index in [0.29, 0.717) is 17.9 Å². The lowest BCUT2D eigenvalue weighted by Gasteiger charge is -2.10. The monoisotopic (exact) mass is 239 g/mol. The second-order valence-corrected chi connectivity index (χ2v) is 4.00. The zero-order chi connectivity index (χ0) is 13.0. The van der Waals surface area contributed by atoms with Crippen molar-refractivity contribution in [2.75, 3.05) is 0 Å². The summed E-state index contributed by atoms with van der Waals surface area (Å²) in [7, 11) is 0. The van der Waals surface area contributed by atoms with Crippen LogP contribution < -0.4 is 4.74 Å². The third-order valence-electron chi connectivity index (χ3n) is 2.73. The summed E-state index contributed by atoms with van der Waals surface area (Å²) in [5.41, 5.74) is 2.34. The topological polar surface area (TPSA) is 53.2 Å². The van der Waals surface area contributed by atoms with Crippen LogP contribution in [0.15, 0.2) is 42.5 Å². The number of phenols is 1. The fourth-order valence-electron chi connectivity index (χ4n) is 1.60. The van der Waals surface area contributed by atoms with Crippen LogP contribution in [0.5, 0.6) is 11.5 Å². The number of aromatic hydroxyl groups is 1. The summed E-state index contributed by atoms with van der Waals surface area (Å²) in [6.07, 6.45) is 0. The van der Waals surface area contributed by atoms with Gasteiger partial charge in [0.15, 0.2) is 0 Å². The molecule has 2 aromatic carbocycles. The molecule has 3 nitrogen and oxygen atoms in total. The first-order valence-electron chi connectivity index (χ1n) is 5.61. The quantitative estimate of drug-likeness (QED) is 0.895. The van der Waals surface area contributed by atoms with Gasteiger partial charge >= 0.3 is 0 Å². The van der Waals surface area contributed by atoms with Gasteiger partial charge in [-0.1, -0.05) is 18.2 Å². The molecule has 2 rings (SSSR count). The molecule has 90 valence electrons. The van der Waals surface area contributed by atoms with E-state index in [1.54, 1.807) is 24.3 Å².